The van der Waals surface area contributed by atoms with Crippen LogP contribution in [0.2, 0.25) is 0 Å². The largest absolute Gasteiger partial charge is 0.384 e. The summed E-state index contributed by atoms with van der Waals surface area (Å²) in [6, 6.07) is 17.5. The summed E-state index contributed by atoms with van der Waals surface area (Å²) < 4.78 is 0. The number of fused-ring (bicyclic) bond motifs is 1. The van der Waals surface area contributed by atoms with E-state index < -0.39 is 0 Å². The second-order valence-electron chi connectivity index (χ2n) is 6.23. The van der Waals surface area contributed by atoms with Gasteiger partial charge in [0.1, 0.15) is 0 Å². The molecule has 2 aromatic rings. The average Bonchev–Trinajstić information content (AvgIpc) is 3.05. The highest BCUT2D eigenvalue weighted by Gasteiger charge is 2.22. The normalized spacial score (nSPS) is 18.1. The van der Waals surface area contributed by atoms with Crippen LogP contribution in [0.5, 0.6) is 0 Å². The lowest BCUT2D eigenvalue weighted by molar-refractivity contribution is 0.250. The highest BCUT2D eigenvalue weighted by Crippen LogP contribution is 2.32. The van der Waals surface area contributed by atoms with Crippen LogP contribution in [-0.4, -0.2) is 37.6 Å². The van der Waals surface area contributed by atoms with Gasteiger partial charge in [0.25, 0.3) is 0 Å². The van der Waals surface area contributed by atoms with Gasteiger partial charge in [0, 0.05) is 56.2 Å². The maximum atomic E-state index is 3.48. The minimum Gasteiger partial charge on any atom is -0.384 e. The lowest BCUT2D eigenvalue weighted by atomic mass is 10.1. The molecule has 0 bridgehead atoms. The first-order valence-electron chi connectivity index (χ1n) is 8.27. The molecule has 0 aromatic heterocycles. The summed E-state index contributed by atoms with van der Waals surface area (Å²) in [4.78, 5) is 5.13. The van der Waals surface area contributed by atoms with Crippen LogP contribution in [0.4, 0.5) is 11.4 Å². The van der Waals surface area contributed by atoms with E-state index in [4.69, 9.17) is 0 Å². The molecule has 0 aliphatic carbocycles. The standard InChI is InChI=1S/C19H23N3/c1-2-5-16(6-3-1)15-21-11-13-22(14-12-21)19-8-4-7-18-17(19)9-10-20-18/h1-8,20H,9-15H2. The molecule has 114 valence electrons. The Hall–Kier alpha value is -2.00. The molecule has 2 heterocycles. The monoisotopic (exact) mass is 293 g/mol. The van der Waals surface area contributed by atoms with Crippen molar-refractivity contribution in [3.63, 3.8) is 0 Å². The summed E-state index contributed by atoms with van der Waals surface area (Å²) in [5, 5.41) is 3.48. The van der Waals surface area contributed by atoms with Crippen molar-refractivity contribution in [1.82, 2.24) is 4.90 Å². The van der Waals surface area contributed by atoms with Crippen LogP contribution in [0.3, 0.4) is 0 Å². The molecule has 1 saturated heterocycles. The molecular formula is C19H23N3. The fraction of sp³-hybridized carbons (Fsp3) is 0.368. The molecular weight excluding hydrogens is 270 g/mol. The lowest BCUT2D eigenvalue weighted by Gasteiger charge is -2.37. The number of piperazine rings is 1. The molecule has 1 fully saturated rings. The Bertz CT molecular complexity index is 630. The van der Waals surface area contributed by atoms with Gasteiger partial charge in [0.15, 0.2) is 0 Å². The van der Waals surface area contributed by atoms with E-state index in [0.29, 0.717) is 0 Å². The third kappa shape index (κ3) is 2.69. The summed E-state index contributed by atoms with van der Waals surface area (Å²) in [5.74, 6) is 0. The molecule has 22 heavy (non-hydrogen) atoms. The van der Waals surface area contributed by atoms with Crippen molar-refractivity contribution in [3.05, 3.63) is 59.7 Å². The molecule has 0 radical (unpaired) electrons. The van der Waals surface area contributed by atoms with Crippen LogP contribution in [0.1, 0.15) is 11.1 Å². The summed E-state index contributed by atoms with van der Waals surface area (Å²) in [6.45, 7) is 6.70. The molecule has 0 atom stereocenters. The van der Waals surface area contributed by atoms with E-state index in [9.17, 15) is 0 Å². The molecule has 3 nitrogen and oxygen atoms in total. The van der Waals surface area contributed by atoms with E-state index in [-0.39, 0.29) is 0 Å². The van der Waals surface area contributed by atoms with Crippen molar-refractivity contribution >= 4 is 11.4 Å². The Morgan fingerprint density at radius 1 is 0.864 bits per heavy atom. The van der Waals surface area contributed by atoms with Crippen molar-refractivity contribution in [2.75, 3.05) is 42.9 Å². The van der Waals surface area contributed by atoms with Crippen molar-refractivity contribution in [1.29, 1.82) is 0 Å². The van der Waals surface area contributed by atoms with Gasteiger partial charge >= 0.3 is 0 Å². The van der Waals surface area contributed by atoms with Gasteiger partial charge in [0.05, 0.1) is 0 Å². The lowest BCUT2D eigenvalue weighted by Crippen LogP contribution is -2.46. The van der Waals surface area contributed by atoms with E-state index >= 15 is 0 Å². The van der Waals surface area contributed by atoms with Gasteiger partial charge in [-0.15, -0.1) is 0 Å². The number of benzene rings is 2. The highest BCUT2D eigenvalue weighted by molar-refractivity contribution is 5.69. The maximum Gasteiger partial charge on any atom is 0.0421 e. The predicted octanol–water partition coefficient (Wildman–Crippen LogP) is 2.98. The molecule has 1 N–H and O–H groups in total. The third-order valence-electron chi connectivity index (χ3n) is 4.80. The quantitative estimate of drug-likeness (QED) is 0.938. The van der Waals surface area contributed by atoms with Crippen molar-refractivity contribution in [2.45, 2.75) is 13.0 Å². The van der Waals surface area contributed by atoms with Crippen LogP contribution < -0.4 is 10.2 Å². The van der Waals surface area contributed by atoms with E-state index in [1.165, 1.54) is 22.5 Å². The Morgan fingerprint density at radius 3 is 2.50 bits per heavy atom. The Labute approximate surface area is 132 Å². The molecule has 2 aliphatic heterocycles. The molecule has 0 saturated carbocycles. The molecule has 4 rings (SSSR count). The van der Waals surface area contributed by atoms with Crippen LogP contribution in [0.15, 0.2) is 48.5 Å². The fourth-order valence-corrected chi connectivity index (χ4v) is 3.61. The zero-order valence-electron chi connectivity index (χ0n) is 13.0. The van der Waals surface area contributed by atoms with E-state index in [1.54, 1.807) is 0 Å². The van der Waals surface area contributed by atoms with Crippen LogP contribution in [-0.2, 0) is 13.0 Å². The van der Waals surface area contributed by atoms with Gasteiger partial charge < -0.3 is 10.2 Å². The first kappa shape index (κ1) is 13.6. The van der Waals surface area contributed by atoms with Gasteiger partial charge in [-0.05, 0) is 24.1 Å². The molecule has 0 spiro atoms. The number of nitrogens with one attached hydrogen (secondary N) is 1. The molecule has 2 aliphatic rings. The van der Waals surface area contributed by atoms with Crippen LogP contribution in [0.25, 0.3) is 0 Å². The maximum absolute atomic E-state index is 3.48. The van der Waals surface area contributed by atoms with Crippen molar-refractivity contribution < 1.29 is 0 Å². The van der Waals surface area contributed by atoms with Crippen LogP contribution >= 0.6 is 0 Å². The highest BCUT2D eigenvalue weighted by atomic mass is 15.3. The summed E-state index contributed by atoms with van der Waals surface area (Å²) in [5.41, 5.74) is 5.71. The Balaban J connectivity index is 1.41. The van der Waals surface area contributed by atoms with E-state index in [2.05, 4.69) is 63.6 Å². The van der Waals surface area contributed by atoms with E-state index in [1.807, 2.05) is 0 Å². The summed E-state index contributed by atoms with van der Waals surface area (Å²) in [7, 11) is 0. The Kier molecular flexibility index (Phi) is 3.73. The second-order valence-corrected chi connectivity index (χ2v) is 6.23. The van der Waals surface area contributed by atoms with Gasteiger partial charge in [-0.1, -0.05) is 36.4 Å². The van der Waals surface area contributed by atoms with Gasteiger partial charge in [0.2, 0.25) is 0 Å². The van der Waals surface area contributed by atoms with E-state index in [0.717, 1.165) is 45.7 Å². The summed E-state index contributed by atoms with van der Waals surface area (Å²) in [6.07, 6.45) is 1.16. The summed E-state index contributed by atoms with van der Waals surface area (Å²) >= 11 is 0. The first-order valence-corrected chi connectivity index (χ1v) is 8.27. The third-order valence-corrected chi connectivity index (χ3v) is 4.80. The minimum atomic E-state index is 1.07. The molecule has 0 unspecified atom stereocenters. The second kappa shape index (κ2) is 6.01. The van der Waals surface area contributed by atoms with Gasteiger partial charge in [-0.2, -0.15) is 0 Å². The average molecular weight is 293 g/mol. The number of rotatable bonds is 3. The smallest absolute Gasteiger partial charge is 0.0421 e. The molecule has 0 amide bonds. The molecule has 3 heteroatoms. The predicted molar refractivity (Wildman–Crippen MR) is 92.6 cm³/mol. The zero-order valence-corrected chi connectivity index (χ0v) is 13.0. The molecule has 2 aromatic carbocycles. The number of hydrogen-bond acceptors (Lipinski definition) is 3. The topological polar surface area (TPSA) is 18.5 Å². The number of anilines is 2. The number of hydrogen-bond donors (Lipinski definition) is 1. The zero-order chi connectivity index (χ0) is 14.8. The number of nitrogens with zero attached hydrogens (tertiary/aromatic N) is 2. The van der Waals surface area contributed by atoms with Gasteiger partial charge in [-0.25, -0.2) is 0 Å². The SMILES string of the molecule is c1ccc(CN2CCN(c3cccc4c3CCN4)CC2)cc1. The Morgan fingerprint density at radius 2 is 1.68 bits per heavy atom. The fourth-order valence-electron chi connectivity index (χ4n) is 3.61. The minimum absolute atomic E-state index is 1.07. The van der Waals surface area contributed by atoms with Crippen LogP contribution in [0, 0.1) is 0 Å². The van der Waals surface area contributed by atoms with Gasteiger partial charge in [-0.3, -0.25) is 4.90 Å². The van der Waals surface area contributed by atoms with Crippen molar-refractivity contribution in [2.24, 2.45) is 0 Å². The first-order chi connectivity index (χ1) is 10.9. The van der Waals surface area contributed by atoms with Crippen molar-refractivity contribution in [3.8, 4) is 0 Å².